The average molecular weight is 191 g/mol. The van der Waals surface area contributed by atoms with Crippen molar-refractivity contribution in [3.05, 3.63) is 17.0 Å². The van der Waals surface area contributed by atoms with Crippen LogP contribution in [0.1, 0.15) is 9.67 Å². The molecule has 0 bridgehead atoms. The van der Waals surface area contributed by atoms with Crippen LogP contribution in [0, 0.1) is 0 Å². The highest BCUT2D eigenvalue weighted by atomic mass is 32.2. The molecule has 4 nitrogen and oxygen atoms in total. The van der Waals surface area contributed by atoms with E-state index in [-0.39, 0.29) is 4.21 Å². The van der Waals surface area contributed by atoms with E-state index in [0.29, 0.717) is 4.88 Å². The van der Waals surface area contributed by atoms with Gasteiger partial charge in [0.1, 0.15) is 4.21 Å². The molecule has 1 unspecified atom stereocenters. The first-order chi connectivity index (χ1) is 5.11. The first-order valence-corrected chi connectivity index (χ1v) is 4.54. The van der Waals surface area contributed by atoms with Crippen LogP contribution in [0.25, 0.3) is 0 Å². The molecule has 1 amide bonds. The lowest BCUT2D eigenvalue weighted by Gasteiger charge is -1.84. The second kappa shape index (κ2) is 3.12. The van der Waals surface area contributed by atoms with Crippen LogP contribution < -0.4 is 5.73 Å². The number of amides is 1. The van der Waals surface area contributed by atoms with Crippen LogP contribution in [0.2, 0.25) is 0 Å². The molecule has 0 fully saturated rings. The number of primary amides is 1. The Morgan fingerprint density at radius 3 is 2.55 bits per heavy atom. The molecule has 0 saturated carbocycles. The second-order valence-corrected chi connectivity index (χ2v) is 4.01. The van der Waals surface area contributed by atoms with Crippen molar-refractivity contribution < 1.29 is 13.6 Å². The zero-order valence-electron chi connectivity index (χ0n) is 5.31. The molecular weight excluding hydrogens is 186 g/mol. The van der Waals surface area contributed by atoms with Crippen molar-refractivity contribution in [2.24, 2.45) is 5.73 Å². The van der Waals surface area contributed by atoms with Crippen molar-refractivity contribution in [2.45, 2.75) is 4.21 Å². The maximum atomic E-state index is 10.5. The zero-order valence-corrected chi connectivity index (χ0v) is 6.95. The van der Waals surface area contributed by atoms with Crippen LogP contribution >= 0.6 is 11.3 Å². The molecule has 0 aliphatic heterocycles. The highest BCUT2D eigenvalue weighted by Gasteiger charge is 2.07. The summed E-state index contributed by atoms with van der Waals surface area (Å²) in [6, 6.07) is 2.83. The molecule has 1 aromatic rings. The molecule has 0 aromatic carbocycles. The third-order valence-corrected chi connectivity index (χ3v) is 3.05. The SMILES string of the molecule is NC(=O)c1ccc(S(=O)O)s1. The molecule has 11 heavy (non-hydrogen) atoms. The lowest BCUT2D eigenvalue weighted by atomic mass is 10.5. The van der Waals surface area contributed by atoms with Gasteiger partial charge in [0, 0.05) is 0 Å². The van der Waals surface area contributed by atoms with Crippen LogP contribution in [-0.4, -0.2) is 14.7 Å². The van der Waals surface area contributed by atoms with Gasteiger partial charge in [-0.25, -0.2) is 4.21 Å². The Morgan fingerprint density at radius 1 is 1.64 bits per heavy atom. The lowest BCUT2D eigenvalue weighted by Crippen LogP contribution is -2.08. The number of carbonyl (C=O) groups excluding carboxylic acids is 1. The van der Waals surface area contributed by atoms with E-state index in [1.807, 2.05) is 0 Å². The van der Waals surface area contributed by atoms with Gasteiger partial charge in [0.05, 0.1) is 4.88 Å². The van der Waals surface area contributed by atoms with E-state index in [1.54, 1.807) is 0 Å². The van der Waals surface area contributed by atoms with Crippen molar-refractivity contribution in [3.63, 3.8) is 0 Å². The molecule has 1 heterocycles. The van der Waals surface area contributed by atoms with Crippen molar-refractivity contribution in [3.8, 4) is 0 Å². The number of hydrogen-bond acceptors (Lipinski definition) is 3. The van der Waals surface area contributed by atoms with Gasteiger partial charge in [-0.1, -0.05) is 0 Å². The van der Waals surface area contributed by atoms with Gasteiger partial charge in [-0.15, -0.1) is 11.3 Å². The van der Waals surface area contributed by atoms with E-state index in [1.165, 1.54) is 12.1 Å². The standard InChI is InChI=1S/C5H5NO3S2/c6-5(7)3-1-2-4(10-3)11(8)9/h1-2H,(H2,6,7)(H,8,9). The van der Waals surface area contributed by atoms with E-state index in [9.17, 15) is 9.00 Å². The summed E-state index contributed by atoms with van der Waals surface area (Å²) in [4.78, 5) is 10.8. The highest BCUT2D eigenvalue weighted by molar-refractivity contribution is 7.81. The van der Waals surface area contributed by atoms with Crippen molar-refractivity contribution >= 4 is 28.3 Å². The normalized spacial score (nSPS) is 12.8. The quantitative estimate of drug-likeness (QED) is 0.665. The average Bonchev–Trinajstić information content (AvgIpc) is 2.33. The fourth-order valence-electron chi connectivity index (χ4n) is 0.546. The molecule has 3 N–H and O–H groups in total. The largest absolute Gasteiger partial charge is 0.365 e. The van der Waals surface area contributed by atoms with Crippen molar-refractivity contribution in [1.82, 2.24) is 0 Å². The van der Waals surface area contributed by atoms with Gasteiger partial charge in [-0.2, -0.15) is 0 Å². The smallest absolute Gasteiger partial charge is 0.258 e. The van der Waals surface area contributed by atoms with Crippen LogP contribution in [0.3, 0.4) is 0 Å². The fraction of sp³-hybridized carbons (Fsp3) is 0. The summed E-state index contributed by atoms with van der Waals surface area (Å²) in [5, 5.41) is 0. The summed E-state index contributed by atoms with van der Waals surface area (Å²) in [6.45, 7) is 0. The van der Waals surface area contributed by atoms with Crippen molar-refractivity contribution in [2.75, 3.05) is 0 Å². The molecule has 0 aliphatic rings. The van der Waals surface area contributed by atoms with Gasteiger partial charge >= 0.3 is 0 Å². The predicted octanol–water partition coefficient (Wildman–Crippen LogP) is 0.428. The number of rotatable bonds is 2. The van der Waals surface area contributed by atoms with E-state index >= 15 is 0 Å². The van der Waals surface area contributed by atoms with Crippen LogP contribution in [0.4, 0.5) is 0 Å². The van der Waals surface area contributed by atoms with E-state index in [2.05, 4.69) is 0 Å². The Hall–Kier alpha value is -0.720. The third kappa shape index (κ3) is 1.86. The van der Waals surface area contributed by atoms with Gasteiger partial charge in [-0.05, 0) is 12.1 Å². The first-order valence-electron chi connectivity index (χ1n) is 2.62. The molecule has 1 rings (SSSR count). The Kier molecular flexibility index (Phi) is 2.38. The highest BCUT2D eigenvalue weighted by Crippen LogP contribution is 2.18. The summed E-state index contributed by atoms with van der Waals surface area (Å²) in [7, 11) is 0. The Bertz CT molecular complexity index is 278. The van der Waals surface area contributed by atoms with Crippen LogP contribution in [-0.2, 0) is 11.1 Å². The van der Waals surface area contributed by atoms with Gasteiger partial charge < -0.3 is 10.3 Å². The molecule has 0 aliphatic carbocycles. The lowest BCUT2D eigenvalue weighted by molar-refractivity contribution is 0.100. The number of nitrogens with two attached hydrogens (primary N) is 1. The molecule has 0 radical (unpaired) electrons. The second-order valence-electron chi connectivity index (χ2n) is 1.73. The van der Waals surface area contributed by atoms with Gasteiger partial charge in [-0.3, -0.25) is 4.79 Å². The molecule has 0 saturated heterocycles. The minimum Gasteiger partial charge on any atom is -0.365 e. The molecule has 6 heteroatoms. The fourth-order valence-corrected chi connectivity index (χ4v) is 1.87. The molecular formula is C5H5NO3S2. The first kappa shape index (κ1) is 8.38. The minimum absolute atomic E-state index is 0.235. The predicted molar refractivity (Wildman–Crippen MR) is 41.9 cm³/mol. The molecule has 1 atom stereocenters. The van der Waals surface area contributed by atoms with Gasteiger partial charge in [0.15, 0.2) is 11.1 Å². The molecule has 1 aromatic heterocycles. The summed E-state index contributed by atoms with van der Waals surface area (Å²) in [5.74, 6) is -0.577. The Morgan fingerprint density at radius 2 is 2.27 bits per heavy atom. The Balaban J connectivity index is 2.99. The summed E-state index contributed by atoms with van der Waals surface area (Å²) in [5.41, 5.74) is 4.92. The zero-order chi connectivity index (χ0) is 8.43. The number of thiophene rings is 1. The van der Waals surface area contributed by atoms with Crippen LogP contribution in [0.5, 0.6) is 0 Å². The third-order valence-electron chi connectivity index (χ3n) is 0.996. The van der Waals surface area contributed by atoms with Crippen molar-refractivity contribution in [1.29, 1.82) is 0 Å². The molecule has 0 spiro atoms. The maximum Gasteiger partial charge on any atom is 0.258 e. The van der Waals surface area contributed by atoms with Gasteiger partial charge in [0.25, 0.3) is 5.91 Å². The topological polar surface area (TPSA) is 80.4 Å². The minimum atomic E-state index is -2.01. The maximum absolute atomic E-state index is 10.5. The number of hydrogen-bond donors (Lipinski definition) is 2. The van der Waals surface area contributed by atoms with Crippen LogP contribution in [0.15, 0.2) is 16.3 Å². The Labute approximate surface area is 69.3 Å². The summed E-state index contributed by atoms with van der Waals surface area (Å²) < 4.78 is 19.2. The van der Waals surface area contributed by atoms with E-state index < -0.39 is 17.0 Å². The molecule has 60 valence electrons. The summed E-state index contributed by atoms with van der Waals surface area (Å²) >= 11 is -1.09. The monoisotopic (exact) mass is 191 g/mol. The number of carbonyl (C=O) groups is 1. The van der Waals surface area contributed by atoms with E-state index in [4.69, 9.17) is 10.3 Å². The summed E-state index contributed by atoms with van der Waals surface area (Å²) in [6.07, 6.45) is 0. The van der Waals surface area contributed by atoms with Gasteiger partial charge in [0.2, 0.25) is 0 Å². The van der Waals surface area contributed by atoms with E-state index in [0.717, 1.165) is 11.3 Å².